The molecule has 6 rings (SSSR count). The number of rotatable bonds is 20. The van der Waals surface area contributed by atoms with Crippen LogP contribution in [0.5, 0.6) is 5.75 Å². The molecule has 30 nitrogen and oxygen atoms in total. The number of nitrogens with zero attached hydrogens (tertiary/aromatic N) is 6. The lowest BCUT2D eigenvalue weighted by molar-refractivity contribution is 0.322. The van der Waals surface area contributed by atoms with Crippen molar-refractivity contribution >= 4 is 162 Å². The Labute approximate surface area is 439 Å². The van der Waals surface area contributed by atoms with Crippen molar-refractivity contribution in [2.45, 2.75) is 19.6 Å². The molecule has 404 valence electrons. The molecule has 38 heteroatoms. The number of thioether (sulfide) groups is 2. The smallest absolute Gasteiger partial charge is 0.296 e. The van der Waals surface area contributed by atoms with Gasteiger partial charge in [0.2, 0.25) is 34.4 Å². The summed E-state index contributed by atoms with van der Waals surface area (Å²) in [4.78, 5) is 21.4. The number of phenolic OH excluding ortho intramolecular Hbond substituents is 1. The molecule has 0 amide bonds. The zero-order chi connectivity index (χ0) is 55.3. The first-order valence-corrected chi connectivity index (χ1v) is 28.8. The van der Waals surface area contributed by atoms with Crippen LogP contribution in [0.1, 0.15) is 0 Å². The number of anilines is 11. The zero-order valence-electron chi connectivity index (χ0n) is 37.4. The van der Waals surface area contributed by atoms with E-state index in [1.54, 1.807) is 23.5 Å². The Balaban J connectivity index is 0.000000241. The summed E-state index contributed by atoms with van der Waals surface area (Å²) in [6, 6.07) is 9.23. The van der Waals surface area contributed by atoms with Crippen molar-refractivity contribution in [1.82, 2.24) is 29.9 Å². The Morgan fingerprint density at radius 2 is 0.851 bits per heavy atom. The largest absolute Gasteiger partial charge is 0.505 e. The lowest BCUT2D eigenvalue weighted by Crippen LogP contribution is -2.11. The lowest BCUT2D eigenvalue weighted by Gasteiger charge is -2.14. The third-order valence-electron chi connectivity index (χ3n) is 8.80. The summed E-state index contributed by atoms with van der Waals surface area (Å²) in [7, 11) is -18.5. The van der Waals surface area contributed by atoms with Crippen molar-refractivity contribution in [2.24, 2.45) is 0 Å². The predicted octanol–water partition coefficient (Wildman–Crippen LogP) is 2.26. The van der Waals surface area contributed by atoms with Crippen LogP contribution in [-0.2, 0) is 40.5 Å². The van der Waals surface area contributed by atoms with Crippen LogP contribution in [0.3, 0.4) is 0 Å². The Morgan fingerprint density at radius 3 is 1.22 bits per heavy atom. The monoisotopic (exact) mass is 1190 g/mol. The molecular weight excluding hydrogens is 1150 g/mol. The Kier molecular flexibility index (Phi) is 21.3. The van der Waals surface area contributed by atoms with E-state index in [1.165, 1.54) is 24.3 Å². The van der Waals surface area contributed by atoms with Gasteiger partial charge in [-0.2, -0.15) is 87.1 Å². The van der Waals surface area contributed by atoms with Crippen molar-refractivity contribution in [3.05, 3.63) is 59.1 Å². The number of aliphatic hydroxyl groups is 2. The van der Waals surface area contributed by atoms with E-state index in [1.807, 2.05) is 0 Å². The maximum atomic E-state index is 11.5. The highest BCUT2D eigenvalue weighted by molar-refractivity contribution is 7.99. The zero-order valence-corrected chi connectivity index (χ0v) is 43.9. The van der Waals surface area contributed by atoms with Crippen molar-refractivity contribution in [3.63, 3.8) is 0 Å². The number of halogens is 2. The second-order valence-corrected chi connectivity index (χ2v) is 22.8. The van der Waals surface area contributed by atoms with Gasteiger partial charge in [0, 0.05) is 47.5 Å². The summed E-state index contributed by atoms with van der Waals surface area (Å²) < 4.78 is 128. The first-order valence-electron chi connectivity index (χ1n) is 20.0. The number of hydrogen-bond donors (Lipinski definition) is 16. The molecule has 0 aliphatic heterocycles. The minimum Gasteiger partial charge on any atom is -0.505 e. The van der Waals surface area contributed by atoms with E-state index in [0.29, 0.717) is 24.6 Å². The standard InChI is InChI=1S/2C13H17ClN6O4S2.C10H11N3O7S2/c2*14-11-18-12(16-3-5-25-6-4-21)20-13(19-11)17-9-7-8(15)1-2-10(9)26(22,23)24;11-7-4(21(15,16)17)1-3-2-5(22(18,19)20)8(12)10(14)6(3)9(7)13/h2*1-2,7,21H,3-6,15H2,(H,22,23,24)(H2,16,17,18,19,20);1-2,14H,11-13H2,(H,15,16,17)(H,18,19,20). The molecule has 0 saturated carbocycles. The van der Waals surface area contributed by atoms with Gasteiger partial charge < -0.3 is 65.3 Å². The number of fused-ring (bicyclic) bond motifs is 1. The second-order valence-electron chi connectivity index (χ2n) is 14.1. The van der Waals surface area contributed by atoms with Crippen LogP contribution in [-0.4, -0.2) is 146 Å². The van der Waals surface area contributed by atoms with Gasteiger partial charge in [-0.25, -0.2) is 0 Å². The number of hydrogen-bond acceptors (Lipinski definition) is 28. The third-order valence-corrected chi connectivity index (χ3v) is 14.7. The van der Waals surface area contributed by atoms with Crippen molar-refractivity contribution < 1.29 is 67.2 Å². The maximum Gasteiger partial charge on any atom is 0.296 e. The first kappa shape index (κ1) is 60.6. The molecule has 2 heterocycles. The average Bonchev–Trinajstić information content (AvgIpc) is 3.27. The van der Waals surface area contributed by atoms with Crippen LogP contribution < -0.4 is 49.9 Å². The fourth-order valence-electron chi connectivity index (χ4n) is 5.74. The number of nitrogens with two attached hydrogens (primary N) is 5. The van der Waals surface area contributed by atoms with Crippen LogP contribution in [0, 0.1) is 0 Å². The lowest BCUT2D eigenvalue weighted by atomic mass is 10.1. The summed E-state index contributed by atoms with van der Waals surface area (Å²) in [6.45, 7) is 1.26. The van der Waals surface area contributed by atoms with Gasteiger partial charge in [0.15, 0.2) is 0 Å². The fraction of sp³-hybridized carbons (Fsp3) is 0.222. The molecule has 0 bridgehead atoms. The highest BCUT2D eigenvalue weighted by Gasteiger charge is 2.26. The number of aliphatic hydroxyl groups excluding tert-OH is 2. The van der Waals surface area contributed by atoms with E-state index in [9.17, 15) is 47.9 Å². The molecule has 0 fully saturated rings. The van der Waals surface area contributed by atoms with Gasteiger partial charge in [-0.15, -0.1) is 0 Å². The highest BCUT2D eigenvalue weighted by Crippen LogP contribution is 2.43. The van der Waals surface area contributed by atoms with Gasteiger partial charge in [-0.05, 0) is 77.1 Å². The minimum absolute atomic E-state index is 0.000724. The molecule has 74 heavy (non-hydrogen) atoms. The van der Waals surface area contributed by atoms with E-state index < -0.39 is 73.1 Å². The van der Waals surface area contributed by atoms with Crippen molar-refractivity contribution in [1.29, 1.82) is 0 Å². The summed E-state index contributed by atoms with van der Waals surface area (Å²) >= 11 is 14.8. The number of nitrogen functional groups attached to an aromatic ring is 5. The van der Waals surface area contributed by atoms with E-state index in [2.05, 4.69) is 51.2 Å². The van der Waals surface area contributed by atoms with Gasteiger partial charge in [0.1, 0.15) is 25.3 Å². The third kappa shape index (κ3) is 17.6. The first-order chi connectivity index (χ1) is 34.4. The molecule has 4 aromatic carbocycles. The molecule has 2 aromatic heterocycles. The van der Waals surface area contributed by atoms with Gasteiger partial charge in [-0.1, -0.05) is 0 Å². The van der Waals surface area contributed by atoms with Crippen LogP contribution in [0.4, 0.5) is 63.6 Å². The SMILES string of the molecule is Nc1c(S(=O)(=O)O)cc2cc(S(=O)(=O)O)c(N)c(O)c2c1N.Nc1ccc(S(=O)(=O)O)c(Nc2nc(Cl)nc(NCCSCCO)n2)c1.Nc1ccc(S(=O)(=O)O)c(Nc2nc(Cl)nc(NCCSCCO)n2)c1. The number of phenols is 1. The van der Waals surface area contributed by atoms with Crippen LogP contribution in [0.2, 0.25) is 10.6 Å². The van der Waals surface area contributed by atoms with E-state index >= 15 is 0 Å². The highest BCUT2D eigenvalue weighted by atomic mass is 35.5. The van der Waals surface area contributed by atoms with Crippen LogP contribution in [0.25, 0.3) is 10.8 Å². The second kappa shape index (κ2) is 26.0. The predicted molar refractivity (Wildman–Crippen MR) is 282 cm³/mol. The molecule has 0 saturated heterocycles. The van der Waals surface area contributed by atoms with Crippen molar-refractivity contribution in [2.75, 3.05) is 99.3 Å². The average molecular weight is 1190 g/mol. The van der Waals surface area contributed by atoms with E-state index in [-0.39, 0.29) is 90.9 Å². The van der Waals surface area contributed by atoms with Crippen LogP contribution in [0.15, 0.2) is 68.1 Å². The molecule has 6 aromatic rings. The van der Waals surface area contributed by atoms with E-state index in [0.717, 1.165) is 35.8 Å². The molecule has 0 spiro atoms. The van der Waals surface area contributed by atoms with Gasteiger partial charge >= 0.3 is 0 Å². The fourth-order valence-corrected chi connectivity index (χ4v) is 9.79. The van der Waals surface area contributed by atoms with Gasteiger partial charge in [0.25, 0.3) is 40.5 Å². The number of aromatic hydroxyl groups is 1. The van der Waals surface area contributed by atoms with Crippen LogP contribution >= 0.6 is 46.7 Å². The number of benzene rings is 4. The molecular formula is C36H45Cl2N15O15S6. The Morgan fingerprint density at radius 1 is 0.486 bits per heavy atom. The Hall–Kier alpha value is -6.00. The molecule has 0 aliphatic carbocycles. The minimum atomic E-state index is -4.79. The molecule has 21 N–H and O–H groups in total. The number of nitrogens with one attached hydrogen (secondary N) is 4. The summed E-state index contributed by atoms with van der Waals surface area (Å²) in [5, 5.41) is 38.0. The van der Waals surface area contributed by atoms with Crippen molar-refractivity contribution in [3.8, 4) is 5.75 Å². The topological polar surface area (TPSA) is 534 Å². The quantitative estimate of drug-likeness (QED) is 0.0225. The van der Waals surface area contributed by atoms with Gasteiger partial charge in [-0.3, -0.25) is 18.2 Å². The Bertz CT molecular complexity index is 3250. The maximum absolute atomic E-state index is 11.5. The normalized spacial score (nSPS) is 11.7. The molecule has 0 atom stereocenters. The summed E-state index contributed by atoms with van der Waals surface area (Å²) in [6.07, 6.45) is 0. The molecule has 0 unspecified atom stereocenters. The molecule has 0 radical (unpaired) electrons. The summed E-state index contributed by atoms with van der Waals surface area (Å²) in [5.41, 5.74) is 26.8. The van der Waals surface area contributed by atoms with E-state index in [4.69, 9.17) is 71.2 Å². The van der Waals surface area contributed by atoms with Gasteiger partial charge in [0.05, 0.1) is 47.0 Å². The molecule has 0 aliphatic rings. The number of aromatic nitrogens is 6. The summed E-state index contributed by atoms with van der Waals surface area (Å²) in [5.74, 6) is 2.22.